The van der Waals surface area contributed by atoms with E-state index in [1.165, 1.54) is 0 Å². The molecule has 1 aromatic carbocycles. The molecule has 0 spiro atoms. The smallest absolute Gasteiger partial charge is 0.200 e. The number of halogens is 10. The fraction of sp³-hybridized carbons (Fsp3) is 0. The SMILES string of the molecule is FC1=C(F)C(=Nc2c(F)c(F)c(F)c(F)c2F)C(F)=C(F)C1=NCl. The van der Waals surface area contributed by atoms with Gasteiger partial charge in [0.05, 0.1) is 0 Å². The molecule has 128 valence electrons. The van der Waals surface area contributed by atoms with E-state index in [4.69, 9.17) is 11.8 Å². The van der Waals surface area contributed by atoms with Crippen LogP contribution in [0.2, 0.25) is 0 Å². The molecule has 2 rings (SSSR count). The van der Waals surface area contributed by atoms with Gasteiger partial charge in [0.1, 0.15) is 11.4 Å². The van der Waals surface area contributed by atoms with Gasteiger partial charge >= 0.3 is 0 Å². The van der Waals surface area contributed by atoms with Crippen LogP contribution < -0.4 is 0 Å². The summed E-state index contributed by atoms with van der Waals surface area (Å²) < 4.78 is 122. The van der Waals surface area contributed by atoms with E-state index in [1.807, 2.05) is 0 Å². The number of nitrogens with zero attached hydrogens (tertiary/aromatic N) is 2. The lowest BCUT2D eigenvalue weighted by atomic mass is 10.1. The third-order valence-electron chi connectivity index (χ3n) is 2.71. The second-order valence-electron chi connectivity index (χ2n) is 4.07. The van der Waals surface area contributed by atoms with Crippen LogP contribution in [0.15, 0.2) is 32.8 Å². The predicted molar refractivity (Wildman–Crippen MR) is 65.1 cm³/mol. The molecule has 1 aromatic rings. The van der Waals surface area contributed by atoms with E-state index >= 15 is 0 Å². The molecule has 0 fully saturated rings. The molecule has 0 aromatic heterocycles. The van der Waals surface area contributed by atoms with Gasteiger partial charge in [0, 0.05) is 11.8 Å². The summed E-state index contributed by atoms with van der Waals surface area (Å²) in [6.45, 7) is 0. The number of aliphatic imine (C=N–C) groups is 1. The van der Waals surface area contributed by atoms with Gasteiger partial charge in [-0.3, -0.25) is 0 Å². The van der Waals surface area contributed by atoms with Gasteiger partial charge in [0.15, 0.2) is 52.3 Å². The zero-order valence-electron chi connectivity index (χ0n) is 10.7. The Labute approximate surface area is 131 Å². The minimum atomic E-state index is -2.56. The fourth-order valence-corrected chi connectivity index (χ4v) is 1.73. The van der Waals surface area contributed by atoms with Crippen molar-refractivity contribution in [2.24, 2.45) is 9.50 Å². The highest BCUT2D eigenvalue weighted by atomic mass is 35.5. The Kier molecular flexibility index (Phi) is 4.74. The van der Waals surface area contributed by atoms with Crippen molar-refractivity contribution in [3.8, 4) is 0 Å². The minimum Gasteiger partial charge on any atom is -0.236 e. The molecular formula is C12ClF9N2. The van der Waals surface area contributed by atoms with E-state index in [-0.39, 0.29) is 0 Å². The summed E-state index contributed by atoms with van der Waals surface area (Å²) in [6, 6.07) is 0. The van der Waals surface area contributed by atoms with E-state index in [9.17, 15) is 39.5 Å². The molecular weight excluding hydrogens is 379 g/mol. The van der Waals surface area contributed by atoms with E-state index in [0.29, 0.717) is 0 Å². The summed E-state index contributed by atoms with van der Waals surface area (Å²) in [7, 11) is 0. The van der Waals surface area contributed by atoms with Crippen molar-refractivity contribution in [1.29, 1.82) is 0 Å². The molecule has 0 atom stereocenters. The van der Waals surface area contributed by atoms with Crippen LogP contribution in [-0.4, -0.2) is 11.4 Å². The zero-order valence-corrected chi connectivity index (χ0v) is 11.4. The number of rotatable bonds is 1. The van der Waals surface area contributed by atoms with E-state index in [1.54, 1.807) is 0 Å². The molecule has 24 heavy (non-hydrogen) atoms. The van der Waals surface area contributed by atoms with Crippen LogP contribution in [0.1, 0.15) is 0 Å². The average molecular weight is 379 g/mol. The molecule has 0 saturated carbocycles. The van der Waals surface area contributed by atoms with Gasteiger partial charge < -0.3 is 0 Å². The normalized spacial score (nSPS) is 15.4. The van der Waals surface area contributed by atoms with Gasteiger partial charge in [0.25, 0.3) is 0 Å². The van der Waals surface area contributed by atoms with E-state index < -0.39 is 69.5 Å². The number of hydrogen-bond donors (Lipinski definition) is 0. The Morgan fingerprint density at radius 1 is 0.500 bits per heavy atom. The third kappa shape index (κ3) is 2.58. The van der Waals surface area contributed by atoms with Crippen molar-refractivity contribution < 1.29 is 39.5 Å². The molecule has 12 heteroatoms. The molecule has 0 heterocycles. The molecule has 1 aliphatic rings. The molecule has 0 unspecified atom stereocenters. The van der Waals surface area contributed by atoms with Crippen molar-refractivity contribution in [3.05, 3.63) is 52.4 Å². The van der Waals surface area contributed by atoms with Crippen LogP contribution in [0.3, 0.4) is 0 Å². The summed E-state index contributed by atoms with van der Waals surface area (Å²) in [6.07, 6.45) is 0. The topological polar surface area (TPSA) is 24.7 Å². The molecule has 0 bridgehead atoms. The van der Waals surface area contributed by atoms with Crippen LogP contribution in [0.4, 0.5) is 45.2 Å². The summed E-state index contributed by atoms with van der Waals surface area (Å²) >= 11 is 4.72. The summed E-state index contributed by atoms with van der Waals surface area (Å²) in [5.74, 6) is -21.6. The first-order chi connectivity index (χ1) is 11.1. The quantitative estimate of drug-likeness (QED) is 0.272. The Balaban J connectivity index is 2.80. The average Bonchev–Trinajstić information content (AvgIpc) is 2.56. The third-order valence-corrected chi connectivity index (χ3v) is 2.88. The lowest BCUT2D eigenvalue weighted by Gasteiger charge is -2.12. The molecule has 0 saturated heterocycles. The maximum Gasteiger partial charge on any atom is 0.200 e. The Bertz CT molecular complexity index is 811. The van der Waals surface area contributed by atoms with Gasteiger partial charge in [0.2, 0.25) is 5.82 Å². The van der Waals surface area contributed by atoms with Crippen LogP contribution in [0.5, 0.6) is 0 Å². The van der Waals surface area contributed by atoms with Crippen LogP contribution in [0.25, 0.3) is 0 Å². The first kappa shape index (κ1) is 18.0. The number of allylic oxidation sites excluding steroid dienone is 4. The second-order valence-corrected chi connectivity index (χ2v) is 4.24. The van der Waals surface area contributed by atoms with Crippen molar-refractivity contribution in [2.45, 2.75) is 0 Å². The lowest BCUT2D eigenvalue weighted by molar-refractivity contribution is 0.381. The highest BCUT2D eigenvalue weighted by Gasteiger charge is 2.35. The van der Waals surface area contributed by atoms with Crippen LogP contribution in [0, 0.1) is 29.1 Å². The summed E-state index contributed by atoms with van der Waals surface area (Å²) in [5.41, 5.74) is -5.63. The predicted octanol–water partition coefficient (Wildman–Crippen LogP) is 5.36. The van der Waals surface area contributed by atoms with Gasteiger partial charge in [-0.1, -0.05) is 0 Å². The Morgan fingerprint density at radius 3 is 1.21 bits per heavy atom. The Morgan fingerprint density at radius 2 is 0.833 bits per heavy atom. The van der Waals surface area contributed by atoms with Crippen molar-refractivity contribution in [3.63, 3.8) is 0 Å². The number of hydrogen-bond acceptors (Lipinski definition) is 2. The maximum absolute atomic E-state index is 13.6. The lowest BCUT2D eigenvalue weighted by Crippen LogP contribution is -2.17. The van der Waals surface area contributed by atoms with Crippen LogP contribution in [-0.2, 0) is 0 Å². The first-order valence-corrected chi connectivity index (χ1v) is 5.88. The largest absolute Gasteiger partial charge is 0.236 e. The highest BCUT2D eigenvalue weighted by molar-refractivity contribution is 6.31. The molecule has 1 aliphatic carbocycles. The summed E-state index contributed by atoms with van der Waals surface area (Å²) in [5, 5.41) is 0. The summed E-state index contributed by atoms with van der Waals surface area (Å²) in [4.78, 5) is 2.49. The molecule has 0 radical (unpaired) electrons. The molecule has 0 amide bonds. The van der Waals surface area contributed by atoms with Crippen molar-refractivity contribution >= 4 is 28.9 Å². The second kappa shape index (κ2) is 6.30. The minimum absolute atomic E-state index is 1.61. The fourth-order valence-electron chi connectivity index (χ4n) is 1.58. The molecule has 0 N–H and O–H groups in total. The van der Waals surface area contributed by atoms with E-state index in [2.05, 4.69) is 9.50 Å². The van der Waals surface area contributed by atoms with Gasteiger partial charge in [-0.2, -0.15) is 4.51 Å². The Hall–Kier alpha value is -2.30. The molecule has 0 aliphatic heterocycles. The highest BCUT2D eigenvalue weighted by Crippen LogP contribution is 2.35. The standard InChI is InChI=1S/C12ClF9N2/c13-24-12-8(21)6(19)11(7(20)9(12)22)23-10-4(17)2(15)1(14)3(16)5(10)18. The first-order valence-electron chi connectivity index (χ1n) is 5.54. The monoisotopic (exact) mass is 378 g/mol. The van der Waals surface area contributed by atoms with Gasteiger partial charge in [-0.05, 0) is 0 Å². The van der Waals surface area contributed by atoms with Gasteiger partial charge in [-0.25, -0.2) is 44.5 Å². The zero-order chi connectivity index (χ0) is 18.3. The number of benzene rings is 1. The molecule has 2 nitrogen and oxygen atoms in total. The van der Waals surface area contributed by atoms with Crippen molar-refractivity contribution in [2.75, 3.05) is 0 Å². The van der Waals surface area contributed by atoms with Crippen molar-refractivity contribution in [1.82, 2.24) is 0 Å². The van der Waals surface area contributed by atoms with E-state index in [0.717, 1.165) is 0 Å². The van der Waals surface area contributed by atoms with Crippen LogP contribution >= 0.6 is 11.8 Å². The maximum atomic E-state index is 13.6. The van der Waals surface area contributed by atoms with Gasteiger partial charge in [-0.15, -0.1) is 0 Å².